The molecular weight excluding hydrogens is 214 g/mol. The number of nitrogens with two attached hydrogens (primary N) is 2. The van der Waals surface area contributed by atoms with Crippen molar-refractivity contribution in [2.24, 2.45) is 10.9 Å². The van der Waals surface area contributed by atoms with Gasteiger partial charge in [-0.05, 0) is 13.3 Å². The Hall–Kier alpha value is -0.170. The Morgan fingerprint density at radius 1 is 1.54 bits per heavy atom. The Balaban J connectivity index is 0. The molecule has 0 aliphatic carbocycles. The first kappa shape index (κ1) is 15.3. The maximum atomic E-state index is 10.5. The molecule has 0 aliphatic heterocycles. The lowest BCUT2D eigenvalue weighted by atomic mass is 10.1. The smallest absolute Gasteiger partial charge is 0.209 e. The summed E-state index contributed by atoms with van der Waals surface area (Å²) in [5, 5.41) is 12.1. The molecule has 13 heavy (non-hydrogen) atoms. The van der Waals surface area contributed by atoms with Crippen molar-refractivity contribution >= 4 is 28.1 Å². The highest BCUT2D eigenvalue weighted by Gasteiger charge is 2.06. The minimum atomic E-state index is -3.44. The second-order valence-electron chi connectivity index (χ2n) is 2.90. The average Bonchev–Trinajstić information content (AvgIpc) is 1.80. The van der Waals surface area contributed by atoms with Gasteiger partial charge in [-0.3, -0.25) is 0 Å². The topological polar surface area (TPSA) is 110 Å². The van der Waals surface area contributed by atoms with Crippen LogP contribution in [0.3, 0.4) is 0 Å². The number of sulfonamides is 1. The van der Waals surface area contributed by atoms with Gasteiger partial charge in [-0.2, -0.15) is 0 Å². The Morgan fingerprint density at radius 3 is 2.31 bits per heavy atom. The standard InChI is InChI=1S/C6H15N3O2S.ClH/c1-5(7)4-6(8)2-3-12(9,10)11;/h5,8H,2-4,7H2,1H3,(H2,9,10,11);1H. The van der Waals surface area contributed by atoms with Gasteiger partial charge in [-0.1, -0.05) is 0 Å². The summed E-state index contributed by atoms with van der Waals surface area (Å²) in [6.45, 7) is 1.77. The minimum absolute atomic E-state index is 0. The van der Waals surface area contributed by atoms with Gasteiger partial charge < -0.3 is 11.1 Å². The third-order valence-corrected chi connectivity index (χ3v) is 2.03. The van der Waals surface area contributed by atoms with E-state index < -0.39 is 10.0 Å². The number of primary sulfonamides is 1. The van der Waals surface area contributed by atoms with Crippen molar-refractivity contribution in [1.29, 1.82) is 5.41 Å². The van der Waals surface area contributed by atoms with E-state index in [1.54, 1.807) is 6.92 Å². The zero-order chi connectivity index (χ0) is 9.78. The molecule has 0 aromatic heterocycles. The second-order valence-corrected chi connectivity index (χ2v) is 4.64. The maximum Gasteiger partial charge on any atom is 0.209 e. The minimum Gasteiger partial charge on any atom is -0.328 e. The summed E-state index contributed by atoms with van der Waals surface area (Å²) in [6, 6.07) is -0.0991. The lowest BCUT2D eigenvalue weighted by molar-refractivity contribution is 0.597. The summed E-state index contributed by atoms with van der Waals surface area (Å²) in [4.78, 5) is 0. The fraction of sp³-hybridized carbons (Fsp3) is 0.833. The van der Waals surface area contributed by atoms with E-state index in [2.05, 4.69) is 0 Å². The van der Waals surface area contributed by atoms with Crippen LogP contribution in [0.1, 0.15) is 19.8 Å². The molecule has 80 valence electrons. The van der Waals surface area contributed by atoms with Crippen LogP contribution in [0.4, 0.5) is 0 Å². The Kier molecular flexibility index (Phi) is 7.43. The van der Waals surface area contributed by atoms with E-state index in [0.29, 0.717) is 12.1 Å². The highest BCUT2D eigenvalue weighted by molar-refractivity contribution is 7.89. The fourth-order valence-corrected chi connectivity index (χ4v) is 1.29. The highest BCUT2D eigenvalue weighted by atomic mass is 35.5. The molecule has 5 nitrogen and oxygen atoms in total. The summed E-state index contributed by atoms with van der Waals surface area (Å²) in [6.07, 6.45) is 0.607. The van der Waals surface area contributed by atoms with Gasteiger partial charge in [0.15, 0.2) is 0 Å². The van der Waals surface area contributed by atoms with Crippen molar-refractivity contribution in [3.8, 4) is 0 Å². The zero-order valence-electron chi connectivity index (χ0n) is 7.49. The van der Waals surface area contributed by atoms with Crippen LogP contribution >= 0.6 is 12.4 Å². The van der Waals surface area contributed by atoms with E-state index in [-0.39, 0.29) is 30.6 Å². The molecule has 0 rings (SSSR count). The molecule has 0 spiro atoms. The number of nitrogens with one attached hydrogen (secondary N) is 1. The molecule has 0 amide bonds. The van der Waals surface area contributed by atoms with Gasteiger partial charge in [0.25, 0.3) is 0 Å². The third kappa shape index (κ3) is 11.8. The summed E-state index contributed by atoms with van der Waals surface area (Å²) in [7, 11) is -3.44. The van der Waals surface area contributed by atoms with E-state index in [1.807, 2.05) is 0 Å². The summed E-state index contributed by atoms with van der Waals surface area (Å²) in [5.41, 5.74) is 5.74. The molecule has 0 radical (unpaired) electrons. The third-order valence-electron chi connectivity index (χ3n) is 1.26. The average molecular weight is 230 g/mol. The molecule has 0 heterocycles. The van der Waals surface area contributed by atoms with Crippen LogP contribution < -0.4 is 10.9 Å². The molecule has 5 N–H and O–H groups in total. The van der Waals surface area contributed by atoms with Crippen molar-refractivity contribution in [2.45, 2.75) is 25.8 Å². The van der Waals surface area contributed by atoms with E-state index in [0.717, 1.165) is 0 Å². The first-order chi connectivity index (χ1) is 5.31. The summed E-state index contributed by atoms with van der Waals surface area (Å²) in [5.74, 6) is -0.168. The molecule has 0 bridgehead atoms. The molecule has 0 aliphatic rings. The molecule has 0 saturated carbocycles. The van der Waals surface area contributed by atoms with Gasteiger partial charge >= 0.3 is 0 Å². The van der Waals surface area contributed by atoms with E-state index in [4.69, 9.17) is 16.3 Å². The van der Waals surface area contributed by atoms with Crippen LogP contribution in [0.15, 0.2) is 0 Å². The van der Waals surface area contributed by atoms with Gasteiger partial charge in [0.2, 0.25) is 10.0 Å². The second kappa shape index (κ2) is 6.31. The lowest BCUT2D eigenvalue weighted by Crippen LogP contribution is -2.23. The van der Waals surface area contributed by atoms with Crippen LogP contribution in [-0.2, 0) is 10.0 Å². The number of halogens is 1. The summed E-state index contributed by atoms with van der Waals surface area (Å²) >= 11 is 0. The van der Waals surface area contributed by atoms with Crippen molar-refractivity contribution in [3.05, 3.63) is 0 Å². The highest BCUT2D eigenvalue weighted by Crippen LogP contribution is 1.95. The molecule has 0 fully saturated rings. The Bertz CT molecular complexity index is 251. The van der Waals surface area contributed by atoms with Crippen molar-refractivity contribution < 1.29 is 8.42 Å². The van der Waals surface area contributed by atoms with Gasteiger partial charge in [0, 0.05) is 18.2 Å². The van der Waals surface area contributed by atoms with E-state index in [9.17, 15) is 8.42 Å². The van der Waals surface area contributed by atoms with Crippen LogP contribution in [0.2, 0.25) is 0 Å². The van der Waals surface area contributed by atoms with Crippen LogP contribution in [-0.4, -0.2) is 25.9 Å². The first-order valence-electron chi connectivity index (χ1n) is 3.63. The van der Waals surface area contributed by atoms with Gasteiger partial charge in [0.1, 0.15) is 0 Å². The van der Waals surface area contributed by atoms with Crippen LogP contribution in [0.25, 0.3) is 0 Å². The maximum absolute atomic E-state index is 10.5. The van der Waals surface area contributed by atoms with Gasteiger partial charge in [-0.15, -0.1) is 12.4 Å². The SMILES string of the molecule is CC(N)CC(=N)CCS(N)(=O)=O.Cl. The van der Waals surface area contributed by atoms with Gasteiger partial charge in [-0.25, -0.2) is 13.6 Å². The van der Waals surface area contributed by atoms with Crippen molar-refractivity contribution in [2.75, 3.05) is 5.75 Å². The lowest BCUT2D eigenvalue weighted by Gasteiger charge is -2.05. The molecule has 7 heteroatoms. The normalized spacial score (nSPS) is 13.2. The van der Waals surface area contributed by atoms with E-state index >= 15 is 0 Å². The predicted octanol–water partition coefficient (Wildman–Crippen LogP) is -0.156. The molecule has 1 atom stereocenters. The van der Waals surface area contributed by atoms with Gasteiger partial charge in [0.05, 0.1) is 5.75 Å². The van der Waals surface area contributed by atoms with Crippen LogP contribution in [0, 0.1) is 5.41 Å². The van der Waals surface area contributed by atoms with Crippen LogP contribution in [0.5, 0.6) is 0 Å². The van der Waals surface area contributed by atoms with Crippen molar-refractivity contribution in [3.63, 3.8) is 0 Å². The molecule has 0 aromatic rings. The largest absolute Gasteiger partial charge is 0.328 e. The number of hydrogen-bond acceptors (Lipinski definition) is 4. The zero-order valence-corrected chi connectivity index (χ0v) is 9.12. The first-order valence-corrected chi connectivity index (χ1v) is 5.35. The summed E-state index contributed by atoms with van der Waals surface area (Å²) < 4.78 is 20.9. The number of hydrogen-bond donors (Lipinski definition) is 3. The quantitative estimate of drug-likeness (QED) is 0.570. The van der Waals surface area contributed by atoms with E-state index in [1.165, 1.54) is 0 Å². The molecule has 1 unspecified atom stereocenters. The predicted molar refractivity (Wildman–Crippen MR) is 55.8 cm³/mol. The number of rotatable bonds is 5. The monoisotopic (exact) mass is 229 g/mol. The Labute approximate surface area is 84.8 Å². The molecule has 0 saturated heterocycles. The van der Waals surface area contributed by atoms with Crippen molar-refractivity contribution in [1.82, 2.24) is 0 Å². The Morgan fingerprint density at radius 2 is 2.00 bits per heavy atom. The molecular formula is C6H16ClN3O2S. The molecule has 0 aromatic carbocycles. The fourth-order valence-electron chi connectivity index (χ4n) is 0.756.